The molecule has 0 fully saturated rings. The van der Waals surface area contributed by atoms with Gasteiger partial charge in [-0.3, -0.25) is 9.69 Å². The monoisotopic (exact) mass is 344 g/mol. The minimum atomic E-state index is -0.283. The van der Waals surface area contributed by atoms with Crippen molar-refractivity contribution in [3.8, 4) is 0 Å². The van der Waals surface area contributed by atoms with E-state index in [0.29, 0.717) is 17.3 Å². The lowest BCUT2D eigenvalue weighted by Crippen LogP contribution is -2.34. The van der Waals surface area contributed by atoms with Crippen LogP contribution >= 0.6 is 11.6 Å². The summed E-state index contributed by atoms with van der Waals surface area (Å²) in [6.45, 7) is 0.438. The van der Waals surface area contributed by atoms with Crippen LogP contribution in [0.3, 0.4) is 0 Å². The Labute approximate surface area is 145 Å². The molecule has 0 saturated heterocycles. The normalized spacial score (nSPS) is 15.8. The van der Waals surface area contributed by atoms with Crippen molar-refractivity contribution in [1.82, 2.24) is 0 Å². The first-order chi connectivity index (χ1) is 11.6. The van der Waals surface area contributed by atoms with E-state index in [9.17, 15) is 9.59 Å². The summed E-state index contributed by atoms with van der Waals surface area (Å²) in [6.07, 6.45) is 0.248. The Morgan fingerprint density at radius 2 is 1.92 bits per heavy atom. The number of anilines is 2. The number of benzene rings is 2. The molecular formula is C18H17ClN2O3. The summed E-state index contributed by atoms with van der Waals surface area (Å²) in [5.74, 6) is -0.348. The van der Waals surface area contributed by atoms with Gasteiger partial charge in [-0.05, 0) is 35.9 Å². The van der Waals surface area contributed by atoms with E-state index in [-0.39, 0.29) is 24.3 Å². The number of rotatable bonds is 3. The second kappa shape index (κ2) is 6.93. The van der Waals surface area contributed by atoms with Crippen LogP contribution in [0.1, 0.15) is 17.9 Å². The standard InChI is InChI=1S/C18H17ClN2O3/c1-24-17(22)10-12-11-21(16-5-3-2-4-15(12)16)18(23)20-14-8-6-13(19)7-9-14/h2-9,12H,10-11H2,1H3,(H,20,23). The second-order valence-corrected chi connectivity index (χ2v) is 6.02. The number of carbonyl (C=O) groups is 2. The van der Waals surface area contributed by atoms with Gasteiger partial charge in [-0.15, -0.1) is 0 Å². The third-order valence-electron chi connectivity index (χ3n) is 4.05. The number of carbonyl (C=O) groups excluding carboxylic acids is 2. The molecule has 0 saturated carbocycles. The summed E-state index contributed by atoms with van der Waals surface area (Å²) in [7, 11) is 1.37. The number of nitrogens with zero attached hydrogens (tertiary/aromatic N) is 1. The zero-order valence-corrected chi connectivity index (χ0v) is 13.9. The molecule has 0 spiro atoms. The van der Waals surface area contributed by atoms with Crippen molar-refractivity contribution in [3.05, 3.63) is 59.1 Å². The van der Waals surface area contributed by atoms with E-state index in [2.05, 4.69) is 5.32 Å². The Balaban J connectivity index is 1.79. The Bertz CT molecular complexity index is 761. The van der Waals surface area contributed by atoms with Crippen LogP contribution in [-0.2, 0) is 9.53 Å². The summed E-state index contributed by atoms with van der Waals surface area (Å²) in [4.78, 5) is 25.9. The van der Waals surface area contributed by atoms with Gasteiger partial charge in [0, 0.05) is 28.9 Å². The van der Waals surface area contributed by atoms with Crippen molar-refractivity contribution >= 4 is 35.0 Å². The summed E-state index contributed by atoms with van der Waals surface area (Å²) in [6, 6.07) is 14.3. The molecule has 2 aromatic carbocycles. The Hall–Kier alpha value is -2.53. The van der Waals surface area contributed by atoms with Crippen LogP contribution in [0.4, 0.5) is 16.2 Å². The third kappa shape index (κ3) is 3.36. The number of ether oxygens (including phenoxy) is 1. The summed E-state index contributed by atoms with van der Waals surface area (Å²) in [5, 5.41) is 3.46. The largest absolute Gasteiger partial charge is 0.469 e. The van der Waals surface area contributed by atoms with Gasteiger partial charge in [-0.25, -0.2) is 4.79 Å². The molecule has 2 amide bonds. The maximum atomic E-state index is 12.6. The van der Waals surface area contributed by atoms with Crippen molar-refractivity contribution in [3.63, 3.8) is 0 Å². The summed E-state index contributed by atoms with van der Waals surface area (Å²) < 4.78 is 4.76. The first kappa shape index (κ1) is 16.3. The van der Waals surface area contributed by atoms with Crippen molar-refractivity contribution in [2.45, 2.75) is 12.3 Å². The number of urea groups is 1. The maximum Gasteiger partial charge on any atom is 0.326 e. The van der Waals surface area contributed by atoms with Crippen molar-refractivity contribution in [1.29, 1.82) is 0 Å². The second-order valence-electron chi connectivity index (χ2n) is 5.58. The van der Waals surface area contributed by atoms with Crippen LogP contribution < -0.4 is 10.2 Å². The molecule has 3 rings (SSSR count). The predicted octanol–water partition coefficient (Wildman–Crippen LogP) is 4.04. The molecule has 1 atom stereocenters. The van der Waals surface area contributed by atoms with Crippen LogP contribution in [-0.4, -0.2) is 25.7 Å². The molecule has 2 aromatic rings. The fourth-order valence-corrected chi connectivity index (χ4v) is 3.00. The van der Waals surface area contributed by atoms with Crippen LogP contribution in [0, 0.1) is 0 Å². The van der Waals surface area contributed by atoms with Gasteiger partial charge in [-0.2, -0.15) is 0 Å². The first-order valence-electron chi connectivity index (χ1n) is 7.58. The van der Waals surface area contributed by atoms with Gasteiger partial charge >= 0.3 is 12.0 Å². The SMILES string of the molecule is COC(=O)CC1CN(C(=O)Nc2ccc(Cl)cc2)c2ccccc21. The van der Waals surface area contributed by atoms with Gasteiger partial charge < -0.3 is 10.1 Å². The molecule has 1 unspecified atom stereocenters. The van der Waals surface area contributed by atoms with Gasteiger partial charge in [-0.1, -0.05) is 29.8 Å². The Morgan fingerprint density at radius 3 is 2.62 bits per heavy atom. The summed E-state index contributed by atoms with van der Waals surface area (Å²) >= 11 is 5.86. The highest BCUT2D eigenvalue weighted by Crippen LogP contribution is 2.38. The first-order valence-corrected chi connectivity index (χ1v) is 7.96. The molecule has 0 aromatic heterocycles. The fraction of sp³-hybridized carbons (Fsp3) is 0.222. The van der Waals surface area contributed by atoms with Gasteiger partial charge in [0.1, 0.15) is 0 Å². The van der Waals surface area contributed by atoms with Crippen molar-refractivity contribution in [2.24, 2.45) is 0 Å². The molecule has 1 aliphatic heterocycles. The number of esters is 1. The average molecular weight is 345 g/mol. The van der Waals surface area contributed by atoms with Crippen molar-refractivity contribution < 1.29 is 14.3 Å². The van der Waals surface area contributed by atoms with E-state index >= 15 is 0 Å². The van der Waals surface area contributed by atoms with E-state index in [1.54, 1.807) is 29.2 Å². The molecule has 5 nitrogen and oxygen atoms in total. The molecular weight excluding hydrogens is 328 g/mol. The van der Waals surface area contributed by atoms with Gasteiger partial charge in [0.15, 0.2) is 0 Å². The molecule has 0 aliphatic carbocycles. The van der Waals surface area contributed by atoms with Crippen LogP contribution in [0.5, 0.6) is 0 Å². The number of fused-ring (bicyclic) bond motifs is 1. The number of methoxy groups -OCH3 is 1. The Morgan fingerprint density at radius 1 is 1.21 bits per heavy atom. The quantitative estimate of drug-likeness (QED) is 0.855. The smallest absolute Gasteiger partial charge is 0.326 e. The third-order valence-corrected chi connectivity index (χ3v) is 4.30. The number of amides is 2. The highest BCUT2D eigenvalue weighted by atomic mass is 35.5. The van der Waals surface area contributed by atoms with Crippen LogP contribution in [0.15, 0.2) is 48.5 Å². The van der Waals surface area contributed by atoms with Crippen molar-refractivity contribution in [2.75, 3.05) is 23.9 Å². The molecule has 124 valence electrons. The highest BCUT2D eigenvalue weighted by molar-refractivity contribution is 6.30. The minimum absolute atomic E-state index is 0.0652. The molecule has 1 aliphatic rings. The Kier molecular flexibility index (Phi) is 4.71. The lowest BCUT2D eigenvalue weighted by atomic mass is 9.98. The topological polar surface area (TPSA) is 58.6 Å². The number of hydrogen-bond acceptors (Lipinski definition) is 3. The van der Waals surface area contributed by atoms with E-state index < -0.39 is 0 Å². The zero-order valence-electron chi connectivity index (χ0n) is 13.2. The molecule has 0 radical (unpaired) electrons. The zero-order chi connectivity index (χ0) is 17.1. The maximum absolute atomic E-state index is 12.6. The summed E-state index contributed by atoms with van der Waals surface area (Å²) in [5.41, 5.74) is 2.46. The fourth-order valence-electron chi connectivity index (χ4n) is 2.87. The molecule has 24 heavy (non-hydrogen) atoms. The average Bonchev–Trinajstić information content (AvgIpc) is 2.96. The van der Waals surface area contributed by atoms with E-state index in [1.165, 1.54) is 7.11 Å². The number of nitrogens with one attached hydrogen (secondary N) is 1. The van der Waals surface area contributed by atoms with E-state index in [1.807, 2.05) is 24.3 Å². The van der Waals surface area contributed by atoms with Gasteiger partial charge in [0.05, 0.1) is 13.5 Å². The lowest BCUT2D eigenvalue weighted by Gasteiger charge is -2.18. The van der Waals surface area contributed by atoms with Gasteiger partial charge in [0.2, 0.25) is 0 Å². The van der Waals surface area contributed by atoms with Crippen LogP contribution in [0.2, 0.25) is 5.02 Å². The molecule has 1 N–H and O–H groups in total. The molecule has 6 heteroatoms. The number of halogens is 1. The predicted molar refractivity (Wildman–Crippen MR) is 93.6 cm³/mol. The minimum Gasteiger partial charge on any atom is -0.469 e. The van der Waals surface area contributed by atoms with Gasteiger partial charge in [0.25, 0.3) is 0 Å². The number of para-hydroxylation sites is 1. The highest BCUT2D eigenvalue weighted by Gasteiger charge is 2.33. The lowest BCUT2D eigenvalue weighted by molar-refractivity contribution is -0.141. The number of hydrogen-bond donors (Lipinski definition) is 1. The van der Waals surface area contributed by atoms with Crippen LogP contribution in [0.25, 0.3) is 0 Å². The van der Waals surface area contributed by atoms with E-state index in [4.69, 9.17) is 16.3 Å². The molecule has 1 heterocycles. The van der Waals surface area contributed by atoms with E-state index in [0.717, 1.165) is 11.3 Å². The molecule has 0 bridgehead atoms.